The molecular weight excluding hydrogens is 186 g/mol. The Hall–Kier alpha value is -1.07. The Morgan fingerprint density at radius 2 is 2.62 bits per heavy atom. The highest BCUT2D eigenvalue weighted by Crippen LogP contribution is 2.12. The standard InChI is InChI=1S/C8H13N3OS/c1-6(10-8(9)11-12)5-7-3-2-4-13-7/h2-4,6,12H,5H2,1H3,(H3,9,10,11). The minimum absolute atomic E-state index is 0.0593. The summed E-state index contributed by atoms with van der Waals surface area (Å²) in [4.78, 5) is 5.28. The Morgan fingerprint density at radius 3 is 3.15 bits per heavy atom. The third-order valence-electron chi connectivity index (χ3n) is 1.55. The number of rotatable bonds is 3. The van der Waals surface area contributed by atoms with Crippen LogP contribution >= 0.6 is 11.3 Å². The number of hydrogen-bond acceptors (Lipinski definition) is 3. The number of nitrogens with zero attached hydrogens (tertiary/aromatic N) is 1. The number of nitrogens with two attached hydrogens (primary N) is 1. The van der Waals surface area contributed by atoms with Crippen LogP contribution in [0.15, 0.2) is 22.5 Å². The molecule has 1 heterocycles. The van der Waals surface area contributed by atoms with Gasteiger partial charge in [-0.05, 0) is 18.4 Å². The SMILES string of the molecule is CC(Cc1cccs1)N=C(N)NO. The van der Waals surface area contributed by atoms with E-state index in [9.17, 15) is 0 Å². The molecule has 13 heavy (non-hydrogen) atoms. The van der Waals surface area contributed by atoms with E-state index in [0.717, 1.165) is 6.42 Å². The van der Waals surface area contributed by atoms with Gasteiger partial charge in [-0.25, -0.2) is 10.5 Å². The molecule has 0 saturated carbocycles. The molecule has 0 aliphatic rings. The molecule has 0 aliphatic carbocycles. The predicted molar refractivity (Wildman–Crippen MR) is 54.0 cm³/mol. The summed E-state index contributed by atoms with van der Waals surface area (Å²) in [5, 5.41) is 10.4. The highest BCUT2D eigenvalue weighted by atomic mass is 32.1. The van der Waals surface area contributed by atoms with Crippen LogP contribution < -0.4 is 11.2 Å². The monoisotopic (exact) mass is 199 g/mol. The second-order valence-electron chi connectivity index (χ2n) is 2.76. The number of guanidine groups is 1. The van der Waals surface area contributed by atoms with E-state index in [1.54, 1.807) is 16.8 Å². The molecule has 0 saturated heterocycles. The molecule has 0 bridgehead atoms. The van der Waals surface area contributed by atoms with E-state index in [0.29, 0.717) is 0 Å². The number of hydroxylamine groups is 1. The van der Waals surface area contributed by atoms with Crippen LogP contribution in [0, 0.1) is 0 Å². The fraction of sp³-hybridized carbons (Fsp3) is 0.375. The summed E-state index contributed by atoms with van der Waals surface area (Å²) < 4.78 is 0. The number of aliphatic imine (C=N–C) groups is 1. The molecule has 4 nitrogen and oxygen atoms in total. The van der Waals surface area contributed by atoms with E-state index in [4.69, 9.17) is 10.9 Å². The smallest absolute Gasteiger partial charge is 0.213 e. The van der Waals surface area contributed by atoms with Crippen LogP contribution in [-0.4, -0.2) is 17.2 Å². The molecule has 0 amide bonds. The molecule has 0 spiro atoms. The normalized spacial score (nSPS) is 14.2. The predicted octanol–water partition coefficient (Wildman–Crippen LogP) is 0.973. The molecule has 1 rings (SSSR count). The van der Waals surface area contributed by atoms with E-state index < -0.39 is 0 Å². The van der Waals surface area contributed by atoms with Gasteiger partial charge in [0.15, 0.2) is 0 Å². The molecule has 4 N–H and O–H groups in total. The van der Waals surface area contributed by atoms with Crippen molar-refractivity contribution in [2.75, 3.05) is 0 Å². The van der Waals surface area contributed by atoms with Crippen LogP contribution in [0.25, 0.3) is 0 Å². The Morgan fingerprint density at radius 1 is 1.85 bits per heavy atom. The fourth-order valence-electron chi connectivity index (χ4n) is 1.03. The molecule has 72 valence electrons. The summed E-state index contributed by atoms with van der Waals surface area (Å²) in [7, 11) is 0. The molecule has 0 aliphatic heterocycles. The highest BCUT2D eigenvalue weighted by molar-refractivity contribution is 7.09. The van der Waals surface area contributed by atoms with Gasteiger partial charge in [-0.2, -0.15) is 0 Å². The molecule has 0 aromatic carbocycles. The van der Waals surface area contributed by atoms with Crippen molar-refractivity contribution in [3.05, 3.63) is 22.4 Å². The van der Waals surface area contributed by atoms with Crippen LogP contribution in [0.3, 0.4) is 0 Å². The molecule has 1 unspecified atom stereocenters. The minimum atomic E-state index is 0.0593. The quantitative estimate of drug-likeness (QED) is 0.386. The van der Waals surface area contributed by atoms with Gasteiger partial charge in [0.25, 0.3) is 0 Å². The lowest BCUT2D eigenvalue weighted by molar-refractivity contribution is 0.232. The molecule has 1 aromatic rings. The van der Waals surface area contributed by atoms with Crippen molar-refractivity contribution in [2.24, 2.45) is 10.7 Å². The van der Waals surface area contributed by atoms with Gasteiger partial charge in [-0.15, -0.1) is 11.3 Å². The van der Waals surface area contributed by atoms with Crippen LogP contribution in [0.5, 0.6) is 0 Å². The van der Waals surface area contributed by atoms with Crippen LogP contribution in [-0.2, 0) is 6.42 Å². The van der Waals surface area contributed by atoms with Gasteiger partial charge in [0.1, 0.15) is 0 Å². The van der Waals surface area contributed by atoms with E-state index in [2.05, 4.69) is 11.1 Å². The zero-order valence-corrected chi connectivity index (χ0v) is 8.21. The molecular formula is C8H13N3OS. The molecule has 1 aromatic heterocycles. The Balaban J connectivity index is 2.46. The Kier molecular flexibility index (Phi) is 3.72. The second-order valence-corrected chi connectivity index (χ2v) is 3.79. The van der Waals surface area contributed by atoms with Crippen molar-refractivity contribution in [3.8, 4) is 0 Å². The molecule has 1 atom stereocenters. The van der Waals surface area contributed by atoms with Crippen LogP contribution in [0.1, 0.15) is 11.8 Å². The zero-order valence-electron chi connectivity index (χ0n) is 7.40. The summed E-state index contributed by atoms with van der Waals surface area (Å²) in [6, 6.07) is 4.14. The average molecular weight is 199 g/mol. The summed E-state index contributed by atoms with van der Waals surface area (Å²) in [6.45, 7) is 1.95. The minimum Gasteiger partial charge on any atom is -0.368 e. The van der Waals surface area contributed by atoms with Gasteiger partial charge in [-0.1, -0.05) is 6.07 Å². The summed E-state index contributed by atoms with van der Waals surface area (Å²) in [5.41, 5.74) is 7.10. The zero-order chi connectivity index (χ0) is 9.68. The first kappa shape index (κ1) is 10.0. The largest absolute Gasteiger partial charge is 0.368 e. The van der Waals surface area contributed by atoms with Crippen molar-refractivity contribution in [2.45, 2.75) is 19.4 Å². The highest BCUT2D eigenvalue weighted by Gasteiger charge is 2.02. The fourth-order valence-corrected chi connectivity index (χ4v) is 1.86. The first-order valence-corrected chi connectivity index (χ1v) is 4.86. The van der Waals surface area contributed by atoms with Gasteiger partial charge in [0.2, 0.25) is 5.96 Å². The van der Waals surface area contributed by atoms with Crippen molar-refractivity contribution < 1.29 is 5.21 Å². The Bertz CT molecular complexity index is 271. The van der Waals surface area contributed by atoms with Crippen molar-refractivity contribution in [3.63, 3.8) is 0 Å². The lowest BCUT2D eigenvalue weighted by Crippen LogP contribution is -2.30. The number of hydrogen-bond donors (Lipinski definition) is 3. The molecule has 0 radical (unpaired) electrons. The summed E-state index contributed by atoms with van der Waals surface area (Å²) in [6.07, 6.45) is 0.847. The molecule has 5 heteroatoms. The number of nitrogens with one attached hydrogen (secondary N) is 1. The van der Waals surface area contributed by atoms with Crippen LogP contribution in [0.4, 0.5) is 0 Å². The Labute approximate surface area is 81.1 Å². The van der Waals surface area contributed by atoms with Gasteiger partial charge in [-0.3, -0.25) is 5.21 Å². The van der Waals surface area contributed by atoms with Gasteiger partial charge >= 0.3 is 0 Å². The van der Waals surface area contributed by atoms with Gasteiger partial charge in [0.05, 0.1) is 6.04 Å². The van der Waals surface area contributed by atoms with Gasteiger partial charge in [0, 0.05) is 11.3 Å². The summed E-state index contributed by atoms with van der Waals surface area (Å²) in [5.74, 6) is 0.0593. The van der Waals surface area contributed by atoms with Crippen molar-refractivity contribution >= 4 is 17.3 Å². The first-order chi connectivity index (χ1) is 6.22. The second kappa shape index (κ2) is 4.84. The maximum Gasteiger partial charge on any atom is 0.213 e. The topological polar surface area (TPSA) is 70.6 Å². The average Bonchev–Trinajstić information content (AvgIpc) is 2.56. The number of thiophene rings is 1. The van der Waals surface area contributed by atoms with E-state index in [1.165, 1.54) is 4.88 Å². The summed E-state index contributed by atoms with van der Waals surface area (Å²) >= 11 is 1.69. The maximum absolute atomic E-state index is 8.41. The maximum atomic E-state index is 8.41. The lowest BCUT2D eigenvalue weighted by Gasteiger charge is -2.05. The van der Waals surface area contributed by atoms with Crippen LogP contribution in [0.2, 0.25) is 0 Å². The van der Waals surface area contributed by atoms with E-state index in [1.807, 2.05) is 18.4 Å². The third-order valence-corrected chi connectivity index (χ3v) is 2.45. The van der Waals surface area contributed by atoms with E-state index >= 15 is 0 Å². The molecule has 0 fully saturated rings. The third kappa shape index (κ3) is 3.43. The van der Waals surface area contributed by atoms with Crippen molar-refractivity contribution in [1.82, 2.24) is 5.48 Å². The van der Waals surface area contributed by atoms with E-state index in [-0.39, 0.29) is 12.0 Å². The lowest BCUT2D eigenvalue weighted by atomic mass is 10.2. The van der Waals surface area contributed by atoms with Gasteiger partial charge < -0.3 is 5.73 Å². The van der Waals surface area contributed by atoms with Crippen molar-refractivity contribution in [1.29, 1.82) is 0 Å². The first-order valence-electron chi connectivity index (χ1n) is 3.98.